The standard InChI is InChI=1S/C20H22BrNO3/c1-2-6-16(23)14-22-20(24)18-13-17(9-10-19(18)21)25-12-11-15-7-4-3-5-8-15/h3-5,7-10,13H,2,6,11-12,14H2,1H3,(H,22,24). The number of hydrogen-bond acceptors (Lipinski definition) is 3. The number of Topliss-reactive ketones (excluding diaryl/α,β-unsaturated/α-hetero) is 1. The first-order valence-electron chi connectivity index (χ1n) is 8.36. The van der Waals surface area contributed by atoms with Crippen molar-refractivity contribution in [1.82, 2.24) is 5.32 Å². The molecule has 1 N–H and O–H groups in total. The van der Waals surface area contributed by atoms with Crippen LogP contribution >= 0.6 is 15.9 Å². The summed E-state index contributed by atoms with van der Waals surface area (Å²) in [5.74, 6) is 0.372. The van der Waals surface area contributed by atoms with E-state index in [1.165, 1.54) is 5.56 Å². The molecule has 0 atom stereocenters. The molecular weight excluding hydrogens is 382 g/mol. The monoisotopic (exact) mass is 403 g/mol. The lowest BCUT2D eigenvalue weighted by molar-refractivity contribution is -0.118. The van der Waals surface area contributed by atoms with Crippen molar-refractivity contribution in [2.24, 2.45) is 0 Å². The topological polar surface area (TPSA) is 55.4 Å². The molecule has 0 radical (unpaired) electrons. The summed E-state index contributed by atoms with van der Waals surface area (Å²) in [5, 5.41) is 2.66. The van der Waals surface area contributed by atoms with Gasteiger partial charge in [0.2, 0.25) is 0 Å². The molecule has 0 aliphatic rings. The highest BCUT2D eigenvalue weighted by atomic mass is 79.9. The van der Waals surface area contributed by atoms with Crippen LogP contribution in [-0.4, -0.2) is 24.8 Å². The average Bonchev–Trinajstić information content (AvgIpc) is 2.62. The van der Waals surface area contributed by atoms with Gasteiger partial charge in [-0.1, -0.05) is 37.3 Å². The van der Waals surface area contributed by atoms with E-state index >= 15 is 0 Å². The van der Waals surface area contributed by atoms with Crippen molar-refractivity contribution in [3.63, 3.8) is 0 Å². The average molecular weight is 404 g/mol. The van der Waals surface area contributed by atoms with E-state index in [2.05, 4.69) is 33.4 Å². The number of hydrogen-bond donors (Lipinski definition) is 1. The van der Waals surface area contributed by atoms with E-state index in [4.69, 9.17) is 4.74 Å². The SMILES string of the molecule is CCCC(=O)CNC(=O)c1cc(OCCc2ccccc2)ccc1Br. The van der Waals surface area contributed by atoms with Crippen molar-refractivity contribution in [2.45, 2.75) is 26.2 Å². The fourth-order valence-corrected chi connectivity index (χ4v) is 2.77. The van der Waals surface area contributed by atoms with Crippen molar-refractivity contribution in [2.75, 3.05) is 13.2 Å². The van der Waals surface area contributed by atoms with E-state index in [-0.39, 0.29) is 18.2 Å². The normalized spacial score (nSPS) is 10.3. The molecule has 0 bridgehead atoms. The van der Waals surface area contributed by atoms with E-state index in [1.807, 2.05) is 31.2 Å². The second-order valence-corrected chi connectivity index (χ2v) is 6.55. The molecule has 132 valence electrons. The van der Waals surface area contributed by atoms with Gasteiger partial charge in [0.25, 0.3) is 5.91 Å². The van der Waals surface area contributed by atoms with Gasteiger partial charge in [-0.25, -0.2) is 0 Å². The fraction of sp³-hybridized carbons (Fsp3) is 0.300. The minimum absolute atomic E-state index is 0.0299. The zero-order valence-corrected chi connectivity index (χ0v) is 15.8. The Balaban J connectivity index is 1.92. The lowest BCUT2D eigenvalue weighted by Crippen LogP contribution is -2.29. The zero-order valence-electron chi connectivity index (χ0n) is 14.3. The quantitative estimate of drug-likeness (QED) is 0.683. The first-order valence-corrected chi connectivity index (χ1v) is 9.15. The molecule has 2 aromatic rings. The Labute approximate surface area is 156 Å². The molecule has 0 spiro atoms. The molecule has 0 saturated heterocycles. The smallest absolute Gasteiger partial charge is 0.252 e. The number of carbonyl (C=O) groups is 2. The van der Waals surface area contributed by atoms with Crippen LogP contribution in [0.2, 0.25) is 0 Å². The van der Waals surface area contributed by atoms with Gasteiger partial charge >= 0.3 is 0 Å². The minimum Gasteiger partial charge on any atom is -0.493 e. The molecule has 0 saturated carbocycles. The van der Waals surface area contributed by atoms with Crippen LogP contribution in [-0.2, 0) is 11.2 Å². The molecular formula is C20H22BrNO3. The molecule has 25 heavy (non-hydrogen) atoms. The van der Waals surface area contributed by atoms with Crippen molar-refractivity contribution in [1.29, 1.82) is 0 Å². The summed E-state index contributed by atoms with van der Waals surface area (Å²) in [4.78, 5) is 23.8. The second-order valence-electron chi connectivity index (χ2n) is 5.70. The molecule has 2 rings (SSSR count). The highest BCUT2D eigenvalue weighted by molar-refractivity contribution is 9.10. The molecule has 1 amide bonds. The van der Waals surface area contributed by atoms with Crippen LogP contribution in [0.1, 0.15) is 35.7 Å². The Morgan fingerprint density at radius 3 is 2.60 bits per heavy atom. The van der Waals surface area contributed by atoms with Crippen LogP contribution in [0.15, 0.2) is 53.0 Å². The number of ketones is 1. The van der Waals surface area contributed by atoms with Gasteiger partial charge in [-0.3, -0.25) is 9.59 Å². The van der Waals surface area contributed by atoms with Crippen molar-refractivity contribution < 1.29 is 14.3 Å². The van der Waals surface area contributed by atoms with Crippen LogP contribution < -0.4 is 10.1 Å². The third-order valence-electron chi connectivity index (χ3n) is 3.66. The summed E-state index contributed by atoms with van der Waals surface area (Å²) in [6.07, 6.45) is 2.05. The molecule has 0 fully saturated rings. The number of benzene rings is 2. The number of rotatable bonds is 9. The Bertz CT molecular complexity index is 716. The van der Waals surface area contributed by atoms with Gasteiger partial charge in [0.1, 0.15) is 5.75 Å². The summed E-state index contributed by atoms with van der Waals surface area (Å²) in [6, 6.07) is 15.4. The second kappa shape index (κ2) is 9.99. The lowest BCUT2D eigenvalue weighted by atomic mass is 10.1. The van der Waals surface area contributed by atoms with Crippen LogP contribution in [0, 0.1) is 0 Å². The molecule has 0 unspecified atom stereocenters. The molecule has 0 aromatic heterocycles. The van der Waals surface area contributed by atoms with Gasteiger partial charge in [0.05, 0.1) is 18.7 Å². The van der Waals surface area contributed by atoms with Crippen LogP contribution in [0.3, 0.4) is 0 Å². The lowest BCUT2D eigenvalue weighted by Gasteiger charge is -2.10. The largest absolute Gasteiger partial charge is 0.493 e. The Morgan fingerprint density at radius 2 is 1.88 bits per heavy atom. The zero-order chi connectivity index (χ0) is 18.1. The van der Waals surface area contributed by atoms with Crippen molar-refractivity contribution >= 4 is 27.6 Å². The maximum Gasteiger partial charge on any atom is 0.252 e. The summed E-state index contributed by atoms with van der Waals surface area (Å²) in [6.45, 7) is 2.52. The maximum atomic E-state index is 12.3. The third-order valence-corrected chi connectivity index (χ3v) is 4.35. The van der Waals surface area contributed by atoms with Crippen LogP contribution in [0.4, 0.5) is 0 Å². The van der Waals surface area contributed by atoms with Gasteiger partial charge in [-0.05, 0) is 46.1 Å². The summed E-state index contributed by atoms with van der Waals surface area (Å²) in [7, 11) is 0. The van der Waals surface area contributed by atoms with E-state index in [1.54, 1.807) is 12.1 Å². The summed E-state index contributed by atoms with van der Waals surface area (Å²) < 4.78 is 6.42. The third kappa shape index (κ3) is 6.35. The number of carbonyl (C=O) groups excluding carboxylic acids is 2. The van der Waals surface area contributed by atoms with Gasteiger partial charge in [0.15, 0.2) is 5.78 Å². The molecule has 5 heteroatoms. The van der Waals surface area contributed by atoms with Crippen molar-refractivity contribution in [3.8, 4) is 5.75 Å². The number of nitrogens with one attached hydrogen (secondary N) is 1. The highest BCUT2D eigenvalue weighted by Crippen LogP contribution is 2.23. The first kappa shape index (κ1) is 19.2. The molecule has 2 aromatic carbocycles. The fourth-order valence-electron chi connectivity index (χ4n) is 2.34. The minimum atomic E-state index is -0.287. The van der Waals surface area contributed by atoms with E-state index in [9.17, 15) is 9.59 Å². The Morgan fingerprint density at radius 1 is 1.12 bits per heavy atom. The predicted molar refractivity (Wildman–Crippen MR) is 102 cm³/mol. The molecule has 4 nitrogen and oxygen atoms in total. The molecule has 0 aliphatic heterocycles. The predicted octanol–water partition coefficient (Wildman–Crippen LogP) is 4.17. The number of halogens is 1. The Hall–Kier alpha value is -2.14. The first-order chi connectivity index (χ1) is 12.1. The summed E-state index contributed by atoms with van der Waals surface area (Å²) >= 11 is 3.37. The van der Waals surface area contributed by atoms with E-state index < -0.39 is 0 Å². The maximum absolute atomic E-state index is 12.3. The van der Waals surface area contributed by atoms with E-state index in [0.717, 1.165) is 12.8 Å². The number of amides is 1. The van der Waals surface area contributed by atoms with Crippen LogP contribution in [0.5, 0.6) is 5.75 Å². The Kier molecular flexibility index (Phi) is 7.67. The van der Waals surface area contributed by atoms with E-state index in [0.29, 0.717) is 28.8 Å². The van der Waals surface area contributed by atoms with Crippen LogP contribution in [0.25, 0.3) is 0 Å². The molecule has 0 aliphatic carbocycles. The number of ether oxygens (including phenoxy) is 1. The summed E-state index contributed by atoms with van der Waals surface area (Å²) in [5.41, 5.74) is 1.66. The van der Waals surface area contributed by atoms with Gasteiger partial charge in [0, 0.05) is 17.3 Å². The molecule has 0 heterocycles. The van der Waals surface area contributed by atoms with Gasteiger partial charge < -0.3 is 10.1 Å². The van der Waals surface area contributed by atoms with Crippen molar-refractivity contribution in [3.05, 3.63) is 64.1 Å². The van der Waals surface area contributed by atoms with Gasteiger partial charge in [-0.2, -0.15) is 0 Å². The van der Waals surface area contributed by atoms with Gasteiger partial charge in [-0.15, -0.1) is 0 Å². The highest BCUT2D eigenvalue weighted by Gasteiger charge is 2.12.